The Balaban J connectivity index is 1.93. The lowest BCUT2D eigenvalue weighted by Gasteiger charge is -2.29. The Kier molecular flexibility index (Phi) is 6.85. The molecule has 0 aromatic heterocycles. The van der Waals surface area contributed by atoms with Crippen LogP contribution >= 0.6 is 18.9 Å². The van der Waals surface area contributed by atoms with Gasteiger partial charge in [-0.2, -0.15) is 0 Å². The maximum Gasteiger partial charge on any atom is 0.258 e. The Morgan fingerprint density at radius 3 is 1.47 bits per heavy atom. The van der Waals surface area contributed by atoms with Crippen molar-refractivity contribution in [1.29, 1.82) is 0 Å². The van der Waals surface area contributed by atoms with Gasteiger partial charge in [0, 0.05) is 5.56 Å². The second-order valence-electron chi connectivity index (χ2n) is 7.49. The van der Waals surface area contributed by atoms with Gasteiger partial charge in [-0.25, -0.2) is 0 Å². The topological polar surface area (TPSA) is 29.1 Å². The van der Waals surface area contributed by atoms with Gasteiger partial charge in [0.25, 0.3) is 5.91 Å². The van der Waals surface area contributed by atoms with E-state index in [4.69, 9.17) is 11.6 Å². The zero-order chi connectivity index (χ0) is 22.4. The lowest BCUT2D eigenvalue weighted by atomic mass is 10.1. The van der Waals surface area contributed by atoms with Crippen LogP contribution in [0.15, 0.2) is 126 Å². The van der Waals surface area contributed by atoms with E-state index in [-0.39, 0.29) is 5.91 Å². The molecule has 0 unspecified atom stereocenters. The third kappa shape index (κ3) is 4.25. The van der Waals surface area contributed by atoms with E-state index in [2.05, 4.69) is 41.7 Å². The summed E-state index contributed by atoms with van der Waals surface area (Å²) in [5.41, 5.74) is 3.94. The van der Waals surface area contributed by atoms with Crippen molar-refractivity contribution in [2.75, 3.05) is 0 Å². The minimum absolute atomic E-state index is 0.177. The zero-order valence-corrected chi connectivity index (χ0v) is 19.4. The van der Waals surface area contributed by atoms with Crippen LogP contribution < -0.4 is 21.2 Å². The fourth-order valence-corrected chi connectivity index (χ4v) is 8.39. The number of carbonyl (C=O) groups is 1. The summed E-state index contributed by atoms with van der Waals surface area (Å²) in [5.74, 6) is -0.177. The smallest absolute Gasteiger partial charge is 0.258 e. The molecule has 0 radical (unpaired) electrons. The molecule has 1 amide bonds. The fourth-order valence-electron chi connectivity index (χ4n) is 3.90. The van der Waals surface area contributed by atoms with Gasteiger partial charge >= 0.3 is 0 Å². The maximum absolute atomic E-state index is 13.3. The number of benzene rings is 4. The molecule has 0 spiro atoms. The van der Waals surface area contributed by atoms with E-state index < -0.39 is 7.26 Å². The van der Waals surface area contributed by atoms with Gasteiger partial charge in [-0.1, -0.05) is 83.9 Å². The molecular formula is C28H24ClNOP+. The summed E-state index contributed by atoms with van der Waals surface area (Å²) in [6.45, 7) is 2.00. The average molecular weight is 457 g/mol. The molecule has 0 aliphatic heterocycles. The minimum atomic E-state index is -2.45. The third-order valence-corrected chi connectivity index (χ3v) is 10.0. The Labute approximate surface area is 194 Å². The number of halogens is 1. The van der Waals surface area contributed by atoms with Crippen LogP contribution in [0.1, 0.15) is 15.9 Å². The number of rotatable bonds is 6. The van der Waals surface area contributed by atoms with Crippen molar-refractivity contribution in [3.05, 3.63) is 137 Å². The zero-order valence-electron chi connectivity index (χ0n) is 17.8. The van der Waals surface area contributed by atoms with E-state index in [9.17, 15) is 4.79 Å². The lowest BCUT2D eigenvalue weighted by molar-refractivity contribution is 0.0968. The van der Waals surface area contributed by atoms with E-state index in [1.54, 1.807) is 0 Å². The Morgan fingerprint density at radius 2 is 1.09 bits per heavy atom. The van der Waals surface area contributed by atoms with Gasteiger partial charge in [0.1, 0.15) is 15.9 Å². The van der Waals surface area contributed by atoms with Crippen molar-refractivity contribution in [2.45, 2.75) is 6.92 Å². The van der Waals surface area contributed by atoms with Crippen LogP contribution in [0.2, 0.25) is 0 Å². The van der Waals surface area contributed by atoms with Gasteiger partial charge in [0.05, 0.1) is 5.54 Å². The van der Waals surface area contributed by atoms with Crippen LogP contribution in [0.4, 0.5) is 0 Å². The first-order chi connectivity index (χ1) is 15.7. The molecule has 0 fully saturated rings. The summed E-state index contributed by atoms with van der Waals surface area (Å²) in [5, 5.41) is 6.54. The molecular weight excluding hydrogens is 433 g/mol. The molecule has 32 heavy (non-hydrogen) atoms. The summed E-state index contributed by atoms with van der Waals surface area (Å²) >= 11 is 6.51. The Bertz CT molecular complexity index is 1110. The molecule has 2 nitrogen and oxygen atoms in total. The monoisotopic (exact) mass is 456 g/mol. The second-order valence-corrected chi connectivity index (χ2v) is 11.1. The largest absolute Gasteiger partial charge is 0.291 e. The first kappa shape index (κ1) is 22.0. The normalized spacial score (nSPS) is 11.8. The maximum atomic E-state index is 13.3. The third-order valence-electron chi connectivity index (χ3n) is 5.45. The molecule has 4 aromatic carbocycles. The van der Waals surface area contributed by atoms with E-state index in [0.29, 0.717) is 11.0 Å². The molecule has 158 valence electrons. The molecule has 0 bridgehead atoms. The second kappa shape index (κ2) is 9.96. The van der Waals surface area contributed by atoms with E-state index in [1.807, 2.05) is 85.8 Å². The number of aryl methyl sites for hydroxylation is 1. The molecule has 0 atom stereocenters. The number of nitrogens with one attached hydrogen (secondary N) is 1. The van der Waals surface area contributed by atoms with Crippen molar-refractivity contribution in [3.63, 3.8) is 0 Å². The molecule has 0 aliphatic rings. The highest BCUT2D eigenvalue weighted by atomic mass is 35.5. The molecule has 0 saturated carbocycles. The predicted octanol–water partition coefficient (Wildman–Crippen LogP) is 5.76. The number of hydrogen-bond acceptors (Lipinski definition) is 1. The summed E-state index contributed by atoms with van der Waals surface area (Å²) in [6, 6.07) is 38.5. The van der Waals surface area contributed by atoms with Gasteiger partial charge in [0.15, 0.2) is 12.7 Å². The van der Waals surface area contributed by atoms with Gasteiger partial charge in [-0.05, 0) is 55.5 Å². The molecule has 0 aliphatic carbocycles. The number of amides is 1. The van der Waals surface area contributed by atoms with Crippen LogP contribution in [-0.2, 0) is 0 Å². The first-order valence-electron chi connectivity index (χ1n) is 10.4. The highest BCUT2D eigenvalue weighted by molar-refractivity contribution is 7.99. The van der Waals surface area contributed by atoms with Crippen molar-refractivity contribution in [2.24, 2.45) is 0 Å². The fraction of sp³-hybridized carbons (Fsp3) is 0.0357. The first-order valence-corrected chi connectivity index (χ1v) is 12.6. The van der Waals surface area contributed by atoms with Crippen molar-refractivity contribution >= 4 is 40.7 Å². The lowest BCUT2D eigenvalue weighted by Crippen LogP contribution is -2.38. The molecule has 1 N–H and O–H groups in total. The average Bonchev–Trinajstić information content (AvgIpc) is 2.86. The van der Waals surface area contributed by atoms with Crippen LogP contribution in [-0.4, -0.2) is 5.91 Å². The molecule has 4 rings (SSSR count). The Morgan fingerprint density at radius 1 is 0.688 bits per heavy atom. The highest BCUT2D eigenvalue weighted by Crippen LogP contribution is 2.61. The highest BCUT2D eigenvalue weighted by Gasteiger charge is 2.50. The van der Waals surface area contributed by atoms with Crippen LogP contribution in [0, 0.1) is 6.92 Å². The van der Waals surface area contributed by atoms with E-state index >= 15 is 0 Å². The summed E-state index contributed by atoms with van der Waals surface area (Å²) < 4.78 is 0. The molecule has 4 heteroatoms. The van der Waals surface area contributed by atoms with Crippen LogP contribution in [0.3, 0.4) is 0 Å². The standard InChI is InChI=1S/C28H23ClNOP/c1-22-17-19-23(20-18-22)28(31)30-27(21-29)32(24-11-5-2-6-12-24,25-13-7-3-8-14-25)26-15-9-4-10-16-26/h2-21H,1H3/p+1. The quantitative estimate of drug-likeness (QED) is 0.367. The van der Waals surface area contributed by atoms with Gasteiger partial charge in [-0.3, -0.25) is 10.1 Å². The van der Waals surface area contributed by atoms with Crippen LogP contribution in [0.5, 0.6) is 0 Å². The van der Waals surface area contributed by atoms with Gasteiger partial charge < -0.3 is 0 Å². The van der Waals surface area contributed by atoms with E-state index in [1.165, 1.54) is 5.54 Å². The summed E-state index contributed by atoms with van der Waals surface area (Å²) in [4.78, 5) is 13.3. The van der Waals surface area contributed by atoms with Crippen LogP contribution in [0.25, 0.3) is 0 Å². The van der Waals surface area contributed by atoms with Crippen molar-refractivity contribution in [3.8, 4) is 0 Å². The SMILES string of the molecule is Cc1ccc(C(=O)NC(=CCl)[P+](c2ccccc2)(c2ccccc2)c2ccccc2)cc1. The predicted molar refractivity (Wildman–Crippen MR) is 138 cm³/mol. The Hall–Kier alpha value is -3.19. The summed E-state index contributed by atoms with van der Waals surface area (Å²) in [7, 11) is -2.45. The van der Waals surface area contributed by atoms with Gasteiger partial charge in [-0.15, -0.1) is 0 Å². The molecule has 4 aromatic rings. The van der Waals surface area contributed by atoms with Crippen molar-refractivity contribution in [1.82, 2.24) is 5.32 Å². The van der Waals surface area contributed by atoms with Crippen molar-refractivity contribution < 1.29 is 4.79 Å². The van der Waals surface area contributed by atoms with E-state index in [0.717, 1.165) is 21.5 Å². The molecule has 0 saturated heterocycles. The number of carbonyl (C=O) groups excluding carboxylic acids is 1. The molecule has 0 heterocycles. The number of hydrogen-bond donors (Lipinski definition) is 1. The van der Waals surface area contributed by atoms with Gasteiger partial charge in [0.2, 0.25) is 0 Å². The summed E-state index contributed by atoms with van der Waals surface area (Å²) in [6.07, 6.45) is 0. The minimum Gasteiger partial charge on any atom is -0.291 e.